The summed E-state index contributed by atoms with van der Waals surface area (Å²) in [6, 6.07) is 17.8. The molecule has 1 aromatic heterocycles. The zero-order valence-corrected chi connectivity index (χ0v) is 13.1. The van der Waals surface area contributed by atoms with Crippen molar-refractivity contribution in [3.8, 4) is 11.3 Å². The van der Waals surface area contributed by atoms with Gasteiger partial charge >= 0.3 is 0 Å². The van der Waals surface area contributed by atoms with Crippen molar-refractivity contribution in [2.45, 2.75) is 19.4 Å². The van der Waals surface area contributed by atoms with Crippen LogP contribution in [0.5, 0.6) is 0 Å². The molecule has 22 heavy (non-hydrogen) atoms. The quantitative estimate of drug-likeness (QED) is 0.693. The van der Waals surface area contributed by atoms with Gasteiger partial charge in [0.2, 0.25) is 0 Å². The maximum Gasteiger partial charge on any atom is 0.0672 e. The molecule has 1 aliphatic rings. The van der Waals surface area contributed by atoms with Gasteiger partial charge in [0.1, 0.15) is 0 Å². The number of aryl methyl sites for hydroxylation is 1. The number of anilines is 2. The number of rotatable bonds is 1. The SMILES string of the molecule is C[C@@H]1CCNc2cccc(-c3cc4ccccc4n3C)c2N1. The predicted octanol–water partition coefficient (Wildman–Crippen LogP) is 4.46. The van der Waals surface area contributed by atoms with E-state index in [-0.39, 0.29) is 0 Å². The molecule has 0 aliphatic carbocycles. The smallest absolute Gasteiger partial charge is 0.0672 e. The number of hydrogen-bond acceptors (Lipinski definition) is 2. The van der Waals surface area contributed by atoms with Crippen LogP contribution in [-0.2, 0) is 7.05 Å². The fourth-order valence-electron chi connectivity index (χ4n) is 3.36. The summed E-state index contributed by atoms with van der Waals surface area (Å²) in [5.41, 5.74) is 6.20. The number of aromatic nitrogens is 1. The summed E-state index contributed by atoms with van der Waals surface area (Å²) in [5.74, 6) is 0. The third-order valence-electron chi connectivity index (χ3n) is 4.58. The molecule has 2 heterocycles. The third-order valence-corrected chi connectivity index (χ3v) is 4.58. The second-order valence-electron chi connectivity index (χ2n) is 6.14. The van der Waals surface area contributed by atoms with Crippen molar-refractivity contribution in [2.75, 3.05) is 17.2 Å². The molecule has 0 radical (unpaired) electrons. The first-order valence-electron chi connectivity index (χ1n) is 7.92. The van der Waals surface area contributed by atoms with Gasteiger partial charge in [-0.15, -0.1) is 0 Å². The molecule has 2 aromatic carbocycles. The number of benzene rings is 2. The van der Waals surface area contributed by atoms with Gasteiger partial charge in [-0.1, -0.05) is 30.3 Å². The Hall–Kier alpha value is -2.42. The lowest BCUT2D eigenvalue weighted by atomic mass is 10.1. The second-order valence-corrected chi connectivity index (χ2v) is 6.14. The average molecular weight is 291 g/mol. The summed E-state index contributed by atoms with van der Waals surface area (Å²) in [5, 5.41) is 8.52. The summed E-state index contributed by atoms with van der Waals surface area (Å²) in [6.07, 6.45) is 1.13. The highest BCUT2D eigenvalue weighted by molar-refractivity contribution is 5.93. The molecule has 2 N–H and O–H groups in total. The van der Waals surface area contributed by atoms with E-state index in [0.29, 0.717) is 6.04 Å². The Morgan fingerprint density at radius 1 is 1.09 bits per heavy atom. The van der Waals surface area contributed by atoms with E-state index < -0.39 is 0 Å². The van der Waals surface area contributed by atoms with Crippen LogP contribution in [0.3, 0.4) is 0 Å². The van der Waals surface area contributed by atoms with Crippen molar-refractivity contribution >= 4 is 22.3 Å². The molecule has 112 valence electrons. The highest BCUT2D eigenvalue weighted by atomic mass is 15.0. The Morgan fingerprint density at radius 3 is 2.82 bits per heavy atom. The van der Waals surface area contributed by atoms with E-state index >= 15 is 0 Å². The maximum absolute atomic E-state index is 3.69. The molecule has 3 heteroatoms. The fourth-order valence-corrected chi connectivity index (χ4v) is 3.36. The van der Waals surface area contributed by atoms with Crippen LogP contribution in [0, 0.1) is 0 Å². The molecule has 1 aliphatic heterocycles. The van der Waals surface area contributed by atoms with Crippen molar-refractivity contribution in [1.82, 2.24) is 4.57 Å². The van der Waals surface area contributed by atoms with Gasteiger partial charge in [-0.25, -0.2) is 0 Å². The largest absolute Gasteiger partial charge is 0.383 e. The second kappa shape index (κ2) is 5.09. The van der Waals surface area contributed by atoms with Gasteiger partial charge in [0.15, 0.2) is 0 Å². The standard InChI is InChI=1S/C19H21N3/c1-13-10-11-20-16-8-5-7-15(19(16)21-13)18-12-14-6-3-4-9-17(14)22(18)2/h3-9,12-13,20-21H,10-11H2,1-2H3/t13-/m1/s1. The first kappa shape index (κ1) is 13.3. The lowest BCUT2D eigenvalue weighted by Gasteiger charge is -2.17. The lowest BCUT2D eigenvalue weighted by Crippen LogP contribution is -2.15. The van der Waals surface area contributed by atoms with Crippen LogP contribution >= 0.6 is 0 Å². The fraction of sp³-hybridized carbons (Fsp3) is 0.263. The third kappa shape index (κ3) is 2.05. The first-order valence-corrected chi connectivity index (χ1v) is 7.92. The molecular weight excluding hydrogens is 270 g/mol. The normalized spacial score (nSPS) is 17.5. The molecule has 0 saturated carbocycles. The zero-order valence-electron chi connectivity index (χ0n) is 13.1. The Labute approximate surface area is 131 Å². The van der Waals surface area contributed by atoms with E-state index in [2.05, 4.69) is 77.7 Å². The number of para-hydroxylation sites is 2. The van der Waals surface area contributed by atoms with Crippen LogP contribution in [0.4, 0.5) is 11.4 Å². The topological polar surface area (TPSA) is 29.0 Å². The predicted molar refractivity (Wildman–Crippen MR) is 94.5 cm³/mol. The molecule has 3 aromatic rings. The van der Waals surface area contributed by atoms with Crippen LogP contribution in [-0.4, -0.2) is 17.2 Å². The molecule has 0 spiro atoms. The highest BCUT2D eigenvalue weighted by Gasteiger charge is 2.18. The van der Waals surface area contributed by atoms with E-state index in [1.54, 1.807) is 0 Å². The number of nitrogens with one attached hydrogen (secondary N) is 2. The molecule has 0 amide bonds. The monoisotopic (exact) mass is 291 g/mol. The van der Waals surface area contributed by atoms with E-state index in [9.17, 15) is 0 Å². The Morgan fingerprint density at radius 2 is 1.95 bits per heavy atom. The van der Waals surface area contributed by atoms with Gasteiger partial charge < -0.3 is 15.2 Å². The minimum atomic E-state index is 0.476. The Kier molecular flexibility index (Phi) is 3.07. The molecule has 4 rings (SSSR count). The van der Waals surface area contributed by atoms with Crippen LogP contribution in [0.2, 0.25) is 0 Å². The van der Waals surface area contributed by atoms with Gasteiger partial charge in [-0.2, -0.15) is 0 Å². The zero-order chi connectivity index (χ0) is 15.1. The number of nitrogens with zero attached hydrogens (tertiary/aromatic N) is 1. The molecule has 0 fully saturated rings. The maximum atomic E-state index is 3.69. The van der Waals surface area contributed by atoms with Crippen LogP contribution < -0.4 is 10.6 Å². The summed E-state index contributed by atoms with van der Waals surface area (Å²) < 4.78 is 2.28. The number of hydrogen-bond donors (Lipinski definition) is 2. The Balaban J connectivity index is 1.94. The van der Waals surface area contributed by atoms with E-state index in [0.717, 1.165) is 13.0 Å². The van der Waals surface area contributed by atoms with Gasteiger partial charge in [0, 0.05) is 36.1 Å². The van der Waals surface area contributed by atoms with Crippen molar-refractivity contribution in [2.24, 2.45) is 7.05 Å². The van der Waals surface area contributed by atoms with Crippen molar-refractivity contribution in [1.29, 1.82) is 0 Å². The van der Waals surface area contributed by atoms with E-state index in [1.807, 2.05) is 0 Å². The summed E-state index contributed by atoms with van der Waals surface area (Å²) in [6.45, 7) is 3.26. The molecule has 0 bridgehead atoms. The van der Waals surface area contributed by atoms with E-state index in [4.69, 9.17) is 0 Å². The first-order chi connectivity index (χ1) is 10.7. The minimum absolute atomic E-state index is 0.476. The summed E-state index contributed by atoms with van der Waals surface area (Å²) in [7, 11) is 2.14. The molecule has 3 nitrogen and oxygen atoms in total. The number of fused-ring (bicyclic) bond motifs is 2. The molecule has 0 unspecified atom stereocenters. The summed E-state index contributed by atoms with van der Waals surface area (Å²) in [4.78, 5) is 0. The average Bonchev–Trinajstić information content (AvgIpc) is 2.73. The van der Waals surface area contributed by atoms with Crippen LogP contribution in [0.25, 0.3) is 22.2 Å². The van der Waals surface area contributed by atoms with Gasteiger partial charge in [-0.3, -0.25) is 0 Å². The molecule has 0 saturated heterocycles. The van der Waals surface area contributed by atoms with Gasteiger partial charge in [0.05, 0.1) is 17.1 Å². The highest BCUT2D eigenvalue weighted by Crippen LogP contribution is 2.38. The Bertz CT molecular complexity index is 832. The minimum Gasteiger partial charge on any atom is -0.383 e. The summed E-state index contributed by atoms with van der Waals surface area (Å²) >= 11 is 0. The van der Waals surface area contributed by atoms with Crippen molar-refractivity contribution in [3.63, 3.8) is 0 Å². The molecular formula is C19H21N3. The van der Waals surface area contributed by atoms with Crippen LogP contribution in [0.15, 0.2) is 48.5 Å². The van der Waals surface area contributed by atoms with Crippen LogP contribution in [0.1, 0.15) is 13.3 Å². The van der Waals surface area contributed by atoms with Gasteiger partial charge in [-0.05, 0) is 31.5 Å². The van der Waals surface area contributed by atoms with Crippen molar-refractivity contribution < 1.29 is 0 Å². The van der Waals surface area contributed by atoms with Gasteiger partial charge in [0.25, 0.3) is 0 Å². The molecule has 1 atom stereocenters. The van der Waals surface area contributed by atoms with E-state index in [1.165, 1.54) is 33.5 Å². The van der Waals surface area contributed by atoms with Crippen molar-refractivity contribution in [3.05, 3.63) is 48.5 Å². The lowest BCUT2D eigenvalue weighted by molar-refractivity contribution is 0.745.